The standard InChI is InChI=1S/C12H17N3S/c1-11(9-15-5-4-13-10-15)7-14-8-12-3-2-6-16-12/h2-6,10-11,14H,7-9H2,1H3. The van der Waals surface area contributed by atoms with E-state index in [-0.39, 0.29) is 0 Å². The molecule has 0 aliphatic rings. The van der Waals surface area contributed by atoms with E-state index in [2.05, 4.69) is 39.3 Å². The summed E-state index contributed by atoms with van der Waals surface area (Å²) in [6.45, 7) is 5.29. The molecule has 2 aromatic rings. The molecule has 0 saturated carbocycles. The summed E-state index contributed by atoms with van der Waals surface area (Å²) in [5, 5.41) is 5.59. The average molecular weight is 235 g/mol. The van der Waals surface area contributed by atoms with E-state index in [1.807, 2.05) is 18.7 Å². The molecule has 3 nitrogen and oxygen atoms in total. The van der Waals surface area contributed by atoms with Crippen LogP contribution in [0.2, 0.25) is 0 Å². The lowest BCUT2D eigenvalue weighted by Gasteiger charge is -2.12. The van der Waals surface area contributed by atoms with E-state index >= 15 is 0 Å². The lowest BCUT2D eigenvalue weighted by atomic mass is 10.2. The zero-order valence-electron chi connectivity index (χ0n) is 9.47. The summed E-state index contributed by atoms with van der Waals surface area (Å²) in [5.74, 6) is 0.620. The number of hydrogen-bond donors (Lipinski definition) is 1. The van der Waals surface area contributed by atoms with Crippen LogP contribution in [0.1, 0.15) is 11.8 Å². The van der Waals surface area contributed by atoms with Crippen molar-refractivity contribution >= 4 is 11.3 Å². The number of imidazole rings is 1. The van der Waals surface area contributed by atoms with Crippen LogP contribution < -0.4 is 5.32 Å². The van der Waals surface area contributed by atoms with Crippen LogP contribution in [0.15, 0.2) is 36.2 Å². The smallest absolute Gasteiger partial charge is 0.0946 e. The maximum Gasteiger partial charge on any atom is 0.0946 e. The van der Waals surface area contributed by atoms with Gasteiger partial charge in [-0.15, -0.1) is 11.3 Å². The Balaban J connectivity index is 1.66. The number of rotatable bonds is 6. The van der Waals surface area contributed by atoms with E-state index in [1.165, 1.54) is 4.88 Å². The van der Waals surface area contributed by atoms with Crippen molar-refractivity contribution in [1.82, 2.24) is 14.9 Å². The lowest BCUT2D eigenvalue weighted by molar-refractivity contribution is 0.446. The van der Waals surface area contributed by atoms with Crippen molar-refractivity contribution < 1.29 is 0 Å². The summed E-state index contributed by atoms with van der Waals surface area (Å²) in [7, 11) is 0. The first kappa shape index (κ1) is 11.4. The number of thiophene rings is 1. The molecule has 0 fully saturated rings. The molecule has 0 radical (unpaired) electrons. The first-order chi connectivity index (χ1) is 7.84. The van der Waals surface area contributed by atoms with Crippen molar-refractivity contribution in [1.29, 1.82) is 0 Å². The Bertz CT molecular complexity index is 380. The van der Waals surface area contributed by atoms with Crippen LogP contribution in [0.25, 0.3) is 0 Å². The van der Waals surface area contributed by atoms with Gasteiger partial charge in [-0.05, 0) is 23.9 Å². The topological polar surface area (TPSA) is 29.9 Å². The Hall–Kier alpha value is -1.13. The molecule has 0 aliphatic carbocycles. The minimum atomic E-state index is 0.620. The minimum Gasteiger partial charge on any atom is -0.337 e. The molecule has 0 aromatic carbocycles. The van der Waals surface area contributed by atoms with E-state index in [1.54, 1.807) is 11.3 Å². The van der Waals surface area contributed by atoms with Crippen molar-refractivity contribution in [2.75, 3.05) is 6.54 Å². The summed E-state index contributed by atoms with van der Waals surface area (Å²) >= 11 is 1.80. The second kappa shape index (κ2) is 5.82. The van der Waals surface area contributed by atoms with Crippen molar-refractivity contribution in [3.63, 3.8) is 0 Å². The Morgan fingerprint density at radius 2 is 2.50 bits per heavy atom. The van der Waals surface area contributed by atoms with Gasteiger partial charge in [-0.25, -0.2) is 4.98 Å². The maximum atomic E-state index is 4.04. The van der Waals surface area contributed by atoms with Gasteiger partial charge in [-0.1, -0.05) is 13.0 Å². The molecule has 86 valence electrons. The quantitative estimate of drug-likeness (QED) is 0.833. The molecule has 0 bridgehead atoms. The van der Waals surface area contributed by atoms with Gasteiger partial charge in [0.15, 0.2) is 0 Å². The predicted molar refractivity (Wildman–Crippen MR) is 67.4 cm³/mol. The highest BCUT2D eigenvalue weighted by Crippen LogP contribution is 2.07. The molecule has 1 N–H and O–H groups in total. The zero-order chi connectivity index (χ0) is 11.2. The number of nitrogens with one attached hydrogen (secondary N) is 1. The number of nitrogens with zero attached hydrogens (tertiary/aromatic N) is 2. The Morgan fingerprint density at radius 3 is 3.19 bits per heavy atom. The second-order valence-electron chi connectivity index (χ2n) is 4.07. The SMILES string of the molecule is CC(CNCc1cccs1)Cn1ccnc1. The highest BCUT2D eigenvalue weighted by atomic mass is 32.1. The summed E-state index contributed by atoms with van der Waals surface area (Å²) in [4.78, 5) is 5.44. The van der Waals surface area contributed by atoms with Gasteiger partial charge < -0.3 is 9.88 Å². The molecule has 0 amide bonds. The van der Waals surface area contributed by atoms with E-state index < -0.39 is 0 Å². The predicted octanol–water partition coefficient (Wildman–Crippen LogP) is 2.37. The molecule has 16 heavy (non-hydrogen) atoms. The van der Waals surface area contributed by atoms with Crippen LogP contribution in [0, 0.1) is 5.92 Å². The fourth-order valence-electron chi connectivity index (χ4n) is 1.67. The van der Waals surface area contributed by atoms with Crippen molar-refractivity contribution in [3.8, 4) is 0 Å². The van der Waals surface area contributed by atoms with Crippen LogP contribution in [0.5, 0.6) is 0 Å². The van der Waals surface area contributed by atoms with Crippen LogP contribution in [-0.4, -0.2) is 16.1 Å². The van der Waals surface area contributed by atoms with Gasteiger partial charge in [-0.3, -0.25) is 0 Å². The third-order valence-electron chi connectivity index (χ3n) is 2.45. The minimum absolute atomic E-state index is 0.620. The van der Waals surface area contributed by atoms with E-state index in [0.29, 0.717) is 5.92 Å². The van der Waals surface area contributed by atoms with Gasteiger partial charge >= 0.3 is 0 Å². The Labute approximate surface area is 100 Å². The van der Waals surface area contributed by atoms with Gasteiger partial charge in [0.25, 0.3) is 0 Å². The monoisotopic (exact) mass is 235 g/mol. The highest BCUT2D eigenvalue weighted by molar-refractivity contribution is 7.09. The van der Waals surface area contributed by atoms with Crippen LogP contribution in [0.3, 0.4) is 0 Å². The summed E-state index contributed by atoms with van der Waals surface area (Å²) < 4.78 is 2.12. The lowest BCUT2D eigenvalue weighted by Crippen LogP contribution is -2.23. The second-order valence-corrected chi connectivity index (χ2v) is 5.11. The number of hydrogen-bond acceptors (Lipinski definition) is 3. The van der Waals surface area contributed by atoms with E-state index in [0.717, 1.165) is 19.6 Å². The molecule has 1 unspecified atom stereocenters. The van der Waals surface area contributed by atoms with Crippen LogP contribution >= 0.6 is 11.3 Å². The molecular weight excluding hydrogens is 218 g/mol. The number of aromatic nitrogens is 2. The molecule has 0 spiro atoms. The summed E-state index contributed by atoms with van der Waals surface area (Å²) in [6, 6.07) is 4.26. The molecular formula is C12H17N3S. The van der Waals surface area contributed by atoms with Crippen LogP contribution in [0.4, 0.5) is 0 Å². The summed E-state index contributed by atoms with van der Waals surface area (Å²) in [5.41, 5.74) is 0. The zero-order valence-corrected chi connectivity index (χ0v) is 10.3. The molecule has 0 aliphatic heterocycles. The van der Waals surface area contributed by atoms with Crippen molar-refractivity contribution in [2.24, 2.45) is 5.92 Å². The average Bonchev–Trinajstić information content (AvgIpc) is 2.90. The molecule has 2 aromatic heterocycles. The van der Waals surface area contributed by atoms with Crippen molar-refractivity contribution in [3.05, 3.63) is 41.1 Å². The molecule has 2 heterocycles. The molecule has 2 rings (SSSR count). The first-order valence-electron chi connectivity index (χ1n) is 5.53. The maximum absolute atomic E-state index is 4.04. The van der Waals surface area contributed by atoms with Gasteiger partial charge in [0.2, 0.25) is 0 Å². The van der Waals surface area contributed by atoms with Gasteiger partial charge in [0.1, 0.15) is 0 Å². The molecule has 0 saturated heterocycles. The molecule has 4 heteroatoms. The fraction of sp³-hybridized carbons (Fsp3) is 0.417. The van der Waals surface area contributed by atoms with Crippen LogP contribution in [-0.2, 0) is 13.1 Å². The largest absolute Gasteiger partial charge is 0.337 e. The third-order valence-corrected chi connectivity index (χ3v) is 3.33. The van der Waals surface area contributed by atoms with Crippen molar-refractivity contribution in [2.45, 2.75) is 20.0 Å². The summed E-state index contributed by atoms with van der Waals surface area (Å²) in [6.07, 6.45) is 5.71. The highest BCUT2D eigenvalue weighted by Gasteiger charge is 2.02. The normalized spacial score (nSPS) is 12.8. The Kier molecular flexibility index (Phi) is 4.13. The van der Waals surface area contributed by atoms with Gasteiger partial charge in [0.05, 0.1) is 6.33 Å². The van der Waals surface area contributed by atoms with Gasteiger partial charge in [0, 0.05) is 30.4 Å². The van der Waals surface area contributed by atoms with E-state index in [4.69, 9.17) is 0 Å². The first-order valence-corrected chi connectivity index (χ1v) is 6.41. The third kappa shape index (κ3) is 3.47. The Morgan fingerprint density at radius 1 is 1.56 bits per heavy atom. The van der Waals surface area contributed by atoms with E-state index in [9.17, 15) is 0 Å². The fourth-order valence-corrected chi connectivity index (χ4v) is 2.35. The molecule has 1 atom stereocenters. The van der Waals surface area contributed by atoms with Gasteiger partial charge in [-0.2, -0.15) is 0 Å².